The average molecular weight is 101 g/mol. The van der Waals surface area contributed by atoms with E-state index in [1.54, 1.807) is 0 Å². The van der Waals surface area contributed by atoms with Gasteiger partial charge >= 0.3 is 0 Å². The van der Waals surface area contributed by atoms with Crippen LogP contribution in [0.5, 0.6) is 0 Å². The quantitative estimate of drug-likeness (QED) is 0.432. The number of aromatic nitrogens is 4. The molecule has 1 aromatic heterocycles. The fraction of sp³-hybridized carbons (Fsp3) is 0. The van der Waals surface area contributed by atoms with Crippen LogP contribution in [0.15, 0.2) is 6.33 Å². The molecule has 0 spiro atoms. The summed E-state index contributed by atoms with van der Waals surface area (Å²) in [4.78, 5) is 7.50. The van der Waals surface area contributed by atoms with E-state index in [0.717, 1.165) is 0 Å². The first-order valence-electron chi connectivity index (χ1n) is 1.37. The van der Waals surface area contributed by atoms with E-state index >= 15 is 0 Å². The Morgan fingerprint density at radius 1 is 1.57 bits per heavy atom. The first-order valence-corrected chi connectivity index (χ1v) is 1.37. The molecule has 7 heavy (non-hydrogen) atoms. The molecule has 0 aliphatic carbocycles. The van der Waals surface area contributed by atoms with E-state index in [9.17, 15) is 0 Å². The second-order valence-corrected chi connectivity index (χ2v) is 0.563. The zero-order valence-electron chi connectivity index (χ0n) is 3.33. The average Bonchev–Trinajstić information content (AvgIpc) is 2.23. The van der Waals surface area contributed by atoms with Gasteiger partial charge in [-0.15, -0.1) is 5.10 Å². The zero-order valence-corrected chi connectivity index (χ0v) is 3.33. The number of H-pyrrole nitrogens is 1. The molecule has 0 aromatic carbocycles. The first-order chi connectivity index (χ1) is 3.50. The number of rotatable bonds is 0. The van der Waals surface area contributed by atoms with Crippen LogP contribution >= 0.6 is 0 Å². The lowest BCUT2D eigenvalue weighted by Crippen LogP contribution is -1.64. The van der Waals surface area contributed by atoms with Crippen LogP contribution in [-0.2, 0) is 0 Å². The van der Waals surface area contributed by atoms with Gasteiger partial charge in [0.1, 0.15) is 6.33 Å². The Hall–Kier alpha value is -1.33. The number of nitrogens with one attached hydrogen (secondary N) is 2. The molecule has 0 bridgehead atoms. The topological polar surface area (TPSA) is 95.4 Å². The number of aromatic amines is 1. The summed E-state index contributed by atoms with van der Waals surface area (Å²) >= 11 is 0. The second kappa shape index (κ2) is 4.67. The molecule has 38 valence electrons. The molecule has 0 saturated heterocycles. The fourth-order valence-corrected chi connectivity index (χ4v) is 0.129. The molecule has 0 radical (unpaired) electrons. The molecule has 1 rings (SSSR count). The highest BCUT2D eigenvalue weighted by Gasteiger charge is 1.58. The first kappa shape index (κ1) is 5.67. The Balaban J connectivity index is 0.000000162. The normalized spacial score (nSPS) is 6.29. The van der Waals surface area contributed by atoms with Gasteiger partial charge in [0.25, 0.3) is 0 Å². The minimum atomic E-state index is 1.40. The molecule has 0 saturated carbocycles. The zero-order chi connectivity index (χ0) is 5.54. The number of nitroso groups, excluding NO2 is 1. The van der Waals surface area contributed by atoms with Crippen LogP contribution in [0.2, 0.25) is 0 Å². The summed E-state index contributed by atoms with van der Waals surface area (Å²) in [6.45, 7) is 0. The Morgan fingerprint density at radius 3 is 2.43 bits per heavy atom. The van der Waals surface area contributed by atoms with E-state index in [1.165, 1.54) is 6.33 Å². The van der Waals surface area contributed by atoms with Gasteiger partial charge in [0.15, 0.2) is 0 Å². The third-order valence-corrected chi connectivity index (χ3v) is 0.270. The number of tetrazole rings is 1. The van der Waals surface area contributed by atoms with Crippen LogP contribution in [0.3, 0.4) is 0 Å². The van der Waals surface area contributed by atoms with Crippen LogP contribution in [0.4, 0.5) is 0 Å². The predicted molar refractivity (Wildman–Crippen MR) is 20.3 cm³/mol. The van der Waals surface area contributed by atoms with Crippen molar-refractivity contribution >= 4 is 0 Å². The molecule has 0 aliphatic rings. The molecule has 6 heteroatoms. The van der Waals surface area contributed by atoms with Crippen molar-refractivity contribution in [2.45, 2.75) is 0 Å². The van der Waals surface area contributed by atoms with Crippen LogP contribution in [0, 0.1) is 10.5 Å². The molecule has 2 N–H and O–H groups in total. The maximum Gasteiger partial charge on any atom is 0.135 e. The summed E-state index contributed by atoms with van der Waals surface area (Å²) in [7, 11) is 0. The van der Waals surface area contributed by atoms with Crippen molar-refractivity contribution < 1.29 is 0 Å². The lowest BCUT2D eigenvalue weighted by molar-refractivity contribution is 0.881. The van der Waals surface area contributed by atoms with Crippen molar-refractivity contribution in [1.82, 2.24) is 20.6 Å². The highest BCUT2D eigenvalue weighted by molar-refractivity contribution is 4.24. The molecule has 1 heterocycles. The molecule has 0 unspecified atom stereocenters. The van der Waals surface area contributed by atoms with Gasteiger partial charge in [-0.3, -0.25) is 0 Å². The minimum absolute atomic E-state index is 1.40. The van der Waals surface area contributed by atoms with E-state index in [0.29, 0.717) is 0 Å². The van der Waals surface area contributed by atoms with Gasteiger partial charge in [-0.1, -0.05) is 5.59 Å². The fourth-order valence-electron chi connectivity index (χ4n) is 0.129. The van der Waals surface area contributed by atoms with Crippen LogP contribution < -0.4 is 0 Å². The molecule has 0 aliphatic heterocycles. The summed E-state index contributed by atoms with van der Waals surface area (Å²) < 4.78 is 0. The van der Waals surface area contributed by atoms with E-state index in [-0.39, 0.29) is 0 Å². The molecule has 0 amide bonds. The van der Waals surface area contributed by atoms with Crippen LogP contribution in [-0.4, -0.2) is 20.6 Å². The van der Waals surface area contributed by atoms with E-state index in [2.05, 4.69) is 26.2 Å². The van der Waals surface area contributed by atoms with Gasteiger partial charge in [-0.25, -0.2) is 5.10 Å². The van der Waals surface area contributed by atoms with Gasteiger partial charge in [0.2, 0.25) is 0 Å². The summed E-state index contributed by atoms with van der Waals surface area (Å²) in [6, 6.07) is 0. The largest absolute Gasteiger partial charge is 0.246 e. The van der Waals surface area contributed by atoms with E-state index in [1.807, 2.05) is 0 Å². The number of hydrogen-bond donors (Lipinski definition) is 2. The molecular weight excluding hydrogens is 98.0 g/mol. The Labute approximate surface area is 38.7 Å². The lowest BCUT2D eigenvalue weighted by Gasteiger charge is -1.42. The Kier molecular flexibility index (Phi) is 3.78. The van der Waals surface area contributed by atoms with Crippen LogP contribution in [0.25, 0.3) is 0 Å². The van der Waals surface area contributed by atoms with Gasteiger partial charge in [0.05, 0.1) is 0 Å². The summed E-state index contributed by atoms with van der Waals surface area (Å²) in [6.07, 6.45) is 1.40. The minimum Gasteiger partial charge on any atom is -0.246 e. The molecule has 6 nitrogen and oxygen atoms in total. The summed E-state index contributed by atoms with van der Waals surface area (Å²) in [5, 5.41) is 12.1. The van der Waals surface area contributed by atoms with Crippen LogP contribution in [0.1, 0.15) is 0 Å². The van der Waals surface area contributed by atoms with E-state index < -0.39 is 0 Å². The molecule has 1 aromatic rings. The van der Waals surface area contributed by atoms with Crippen molar-refractivity contribution in [1.29, 1.82) is 5.59 Å². The third-order valence-electron chi connectivity index (χ3n) is 0.270. The van der Waals surface area contributed by atoms with Gasteiger partial charge < -0.3 is 0 Å². The molecular formula is CH3N5O. The van der Waals surface area contributed by atoms with Gasteiger partial charge in [0, 0.05) is 0 Å². The second-order valence-electron chi connectivity index (χ2n) is 0.563. The highest BCUT2D eigenvalue weighted by atomic mass is 16.2. The summed E-state index contributed by atoms with van der Waals surface area (Å²) in [5.41, 5.74) is 4.50. The van der Waals surface area contributed by atoms with Crippen molar-refractivity contribution in [2.75, 3.05) is 0 Å². The van der Waals surface area contributed by atoms with Crippen molar-refractivity contribution in [2.24, 2.45) is 0 Å². The maximum atomic E-state index is 7.50. The monoisotopic (exact) mass is 101 g/mol. The highest BCUT2D eigenvalue weighted by Crippen LogP contribution is 1.43. The smallest absolute Gasteiger partial charge is 0.135 e. The summed E-state index contributed by atoms with van der Waals surface area (Å²) in [5.74, 6) is 0. The number of nitrogens with zero attached hydrogens (tertiary/aromatic N) is 3. The Bertz CT molecular complexity index is 75.0. The molecule has 0 fully saturated rings. The SMILES string of the molecule is N=O.c1nnn[nH]1. The maximum absolute atomic E-state index is 7.50. The lowest BCUT2D eigenvalue weighted by atomic mass is 11.4. The van der Waals surface area contributed by atoms with Crippen molar-refractivity contribution in [3.05, 3.63) is 11.2 Å². The number of hydrogen-bond acceptors (Lipinski definition) is 5. The third kappa shape index (κ3) is 2.47. The Morgan fingerprint density at radius 2 is 2.29 bits per heavy atom. The van der Waals surface area contributed by atoms with Crippen molar-refractivity contribution in [3.8, 4) is 0 Å². The standard InChI is InChI=1S/CH2N4.HNO/c1-2-4-5-3-1;1-2/h1H,(H,2,3,4,5);1H. The van der Waals surface area contributed by atoms with Gasteiger partial charge in [-0.05, 0) is 10.4 Å². The van der Waals surface area contributed by atoms with Crippen molar-refractivity contribution in [3.63, 3.8) is 0 Å². The predicted octanol–water partition coefficient (Wildman–Crippen LogP) is -0.469. The van der Waals surface area contributed by atoms with E-state index in [4.69, 9.17) is 4.91 Å². The molecule has 0 atom stereocenters. The van der Waals surface area contributed by atoms with Gasteiger partial charge in [-0.2, -0.15) is 4.91 Å².